The first-order chi connectivity index (χ1) is 10.7. The van der Waals surface area contributed by atoms with Gasteiger partial charge in [0, 0.05) is 6.92 Å². The minimum Gasteiger partial charge on any atom is -0.222 e. The molecular formula is C15H20F6O2S. The highest BCUT2D eigenvalue weighted by atomic mass is 32.2. The second-order valence-electron chi connectivity index (χ2n) is 8.16. The van der Waals surface area contributed by atoms with Gasteiger partial charge < -0.3 is 0 Å². The molecule has 4 aliphatic rings. The lowest BCUT2D eigenvalue weighted by molar-refractivity contribution is -0.271. The Labute approximate surface area is 136 Å². The van der Waals surface area contributed by atoms with Gasteiger partial charge in [0.25, 0.3) is 0 Å². The van der Waals surface area contributed by atoms with Gasteiger partial charge in [-0.25, -0.2) is 8.42 Å². The Morgan fingerprint density at radius 3 is 1.58 bits per heavy atom. The minimum atomic E-state index is -5.94. The van der Waals surface area contributed by atoms with E-state index in [2.05, 4.69) is 0 Å². The smallest absolute Gasteiger partial charge is 0.222 e. The van der Waals surface area contributed by atoms with Gasteiger partial charge in [-0.2, -0.15) is 26.3 Å². The lowest BCUT2D eigenvalue weighted by Gasteiger charge is -2.56. The first-order valence-electron chi connectivity index (χ1n) is 8.05. The summed E-state index contributed by atoms with van der Waals surface area (Å²) in [7, 11) is -5.73. The molecule has 24 heavy (non-hydrogen) atoms. The van der Waals surface area contributed by atoms with E-state index in [0.717, 1.165) is 19.3 Å². The third kappa shape index (κ3) is 2.56. The molecule has 4 saturated carbocycles. The molecule has 140 valence electrons. The topological polar surface area (TPSA) is 34.1 Å². The van der Waals surface area contributed by atoms with Gasteiger partial charge in [0.1, 0.15) is 0 Å². The van der Waals surface area contributed by atoms with Crippen LogP contribution in [-0.4, -0.2) is 31.3 Å². The molecule has 4 bridgehead atoms. The molecule has 0 saturated heterocycles. The van der Waals surface area contributed by atoms with Crippen LogP contribution in [0.1, 0.15) is 45.4 Å². The van der Waals surface area contributed by atoms with E-state index in [9.17, 15) is 34.8 Å². The number of rotatable bonds is 5. The Morgan fingerprint density at radius 1 is 0.875 bits per heavy atom. The van der Waals surface area contributed by atoms with Crippen LogP contribution < -0.4 is 0 Å². The van der Waals surface area contributed by atoms with Gasteiger partial charge in [0.05, 0.1) is 5.75 Å². The van der Waals surface area contributed by atoms with Crippen LogP contribution >= 0.6 is 0 Å². The van der Waals surface area contributed by atoms with Gasteiger partial charge in [-0.05, 0) is 61.7 Å². The highest BCUT2D eigenvalue weighted by Crippen LogP contribution is 2.61. The van der Waals surface area contributed by atoms with E-state index in [1.165, 1.54) is 0 Å². The molecule has 0 radical (unpaired) electrons. The van der Waals surface area contributed by atoms with E-state index in [0.29, 0.717) is 19.3 Å². The van der Waals surface area contributed by atoms with E-state index in [1.54, 1.807) is 0 Å². The van der Waals surface area contributed by atoms with E-state index in [4.69, 9.17) is 0 Å². The van der Waals surface area contributed by atoms with Crippen molar-refractivity contribution in [1.82, 2.24) is 0 Å². The van der Waals surface area contributed by atoms with Crippen molar-refractivity contribution in [3.8, 4) is 0 Å². The van der Waals surface area contributed by atoms with Gasteiger partial charge in [-0.15, -0.1) is 0 Å². The quantitative estimate of drug-likeness (QED) is 0.660. The third-order valence-electron chi connectivity index (χ3n) is 5.97. The van der Waals surface area contributed by atoms with Crippen molar-refractivity contribution < 1.29 is 34.8 Å². The second kappa shape index (κ2) is 5.04. The lowest BCUT2D eigenvalue weighted by Crippen LogP contribution is -2.59. The molecule has 0 N–H and O–H groups in total. The van der Waals surface area contributed by atoms with Gasteiger partial charge in [-0.1, -0.05) is 0 Å². The first kappa shape index (κ1) is 18.3. The average Bonchev–Trinajstić information content (AvgIpc) is 2.33. The van der Waals surface area contributed by atoms with Gasteiger partial charge in [0.15, 0.2) is 0 Å². The fourth-order valence-electron chi connectivity index (χ4n) is 5.41. The minimum absolute atomic E-state index is 0.230. The zero-order valence-corrected chi connectivity index (χ0v) is 14.0. The average molecular weight is 378 g/mol. The maximum absolute atomic E-state index is 13.9. The number of sulfone groups is 1. The summed E-state index contributed by atoms with van der Waals surface area (Å²) in [6.07, 6.45) is 3.96. The molecule has 4 fully saturated rings. The second-order valence-corrected chi connectivity index (χ2v) is 10.2. The van der Waals surface area contributed by atoms with Gasteiger partial charge in [-0.3, -0.25) is 0 Å². The highest BCUT2D eigenvalue weighted by molar-refractivity contribution is 7.92. The summed E-state index contributed by atoms with van der Waals surface area (Å²) in [5.41, 5.74) is -0.962. The van der Waals surface area contributed by atoms with Crippen molar-refractivity contribution in [1.29, 1.82) is 0 Å². The maximum atomic E-state index is 13.9. The molecule has 9 heteroatoms. The monoisotopic (exact) mass is 378 g/mol. The van der Waals surface area contributed by atoms with Crippen molar-refractivity contribution in [2.24, 2.45) is 23.2 Å². The summed E-state index contributed by atoms with van der Waals surface area (Å²) in [5.74, 6) is -11.5. The van der Waals surface area contributed by atoms with E-state index in [1.807, 2.05) is 0 Å². The molecule has 4 aliphatic carbocycles. The SMILES string of the molecule is CC(F)(F)C(F)(F)C(F)(F)S(=O)(=O)CC12CC3CC(CC(C3)C1)C2. The Bertz CT molecular complexity index is 587. The molecular weight excluding hydrogens is 358 g/mol. The predicted octanol–water partition coefficient (Wildman–Crippen LogP) is 4.50. The van der Waals surface area contributed by atoms with Crippen LogP contribution in [0, 0.1) is 23.2 Å². The predicted molar refractivity (Wildman–Crippen MR) is 74.9 cm³/mol. The fraction of sp³-hybridized carbons (Fsp3) is 1.00. The number of halogens is 6. The molecule has 0 spiro atoms. The molecule has 2 nitrogen and oxygen atoms in total. The summed E-state index contributed by atoms with van der Waals surface area (Å²) in [6.45, 7) is -0.388. The zero-order chi connectivity index (χ0) is 18.2. The van der Waals surface area contributed by atoms with Crippen LogP contribution in [0.5, 0.6) is 0 Å². The van der Waals surface area contributed by atoms with E-state index < -0.39 is 38.1 Å². The molecule has 0 aromatic carbocycles. The Hall–Kier alpha value is -0.470. The summed E-state index contributed by atoms with van der Waals surface area (Å²) >= 11 is 0. The van der Waals surface area contributed by atoms with Crippen LogP contribution in [-0.2, 0) is 9.84 Å². The van der Waals surface area contributed by atoms with Crippen molar-refractivity contribution in [2.45, 2.75) is 62.5 Å². The molecule has 0 unspecified atom stereocenters. The molecule has 0 amide bonds. The fourth-order valence-corrected chi connectivity index (χ4v) is 7.32. The molecule has 4 rings (SSSR count). The van der Waals surface area contributed by atoms with Crippen molar-refractivity contribution in [2.75, 3.05) is 5.75 Å². The van der Waals surface area contributed by atoms with Crippen LogP contribution in [0.25, 0.3) is 0 Å². The van der Waals surface area contributed by atoms with Crippen molar-refractivity contribution in [3.63, 3.8) is 0 Å². The van der Waals surface area contributed by atoms with Crippen molar-refractivity contribution >= 4 is 9.84 Å². The number of hydrogen-bond acceptors (Lipinski definition) is 2. The Morgan fingerprint density at radius 2 is 1.25 bits per heavy atom. The third-order valence-corrected chi connectivity index (χ3v) is 8.00. The Balaban J connectivity index is 1.89. The first-order valence-corrected chi connectivity index (χ1v) is 9.70. The standard InChI is InChI=1S/C15H20F6O2S/c1-12(16,17)14(18,19)15(20,21)24(22,23)8-13-5-9-2-10(6-13)4-11(3-9)7-13/h9-11H,2-8H2,1H3. The summed E-state index contributed by atoms with van der Waals surface area (Å²) in [5, 5.41) is -5.79. The molecule has 0 atom stereocenters. The summed E-state index contributed by atoms with van der Waals surface area (Å²) in [4.78, 5) is 0. The molecule has 0 aliphatic heterocycles. The summed E-state index contributed by atoms with van der Waals surface area (Å²) < 4.78 is 105. The zero-order valence-electron chi connectivity index (χ0n) is 13.2. The molecule has 0 heterocycles. The van der Waals surface area contributed by atoms with E-state index in [-0.39, 0.29) is 24.7 Å². The van der Waals surface area contributed by atoms with Crippen LogP contribution in [0.4, 0.5) is 26.3 Å². The van der Waals surface area contributed by atoms with E-state index >= 15 is 0 Å². The molecule has 0 aromatic rings. The summed E-state index contributed by atoms with van der Waals surface area (Å²) in [6, 6.07) is 0. The normalized spacial score (nSPS) is 37.0. The van der Waals surface area contributed by atoms with Crippen LogP contribution in [0.2, 0.25) is 0 Å². The largest absolute Gasteiger partial charge is 0.413 e. The number of hydrogen-bond donors (Lipinski definition) is 0. The van der Waals surface area contributed by atoms with Crippen molar-refractivity contribution in [3.05, 3.63) is 0 Å². The van der Waals surface area contributed by atoms with Crippen LogP contribution in [0.3, 0.4) is 0 Å². The lowest BCUT2D eigenvalue weighted by atomic mass is 9.50. The molecule has 0 aromatic heterocycles. The number of alkyl halides is 6. The van der Waals surface area contributed by atoms with Gasteiger partial charge >= 0.3 is 17.1 Å². The maximum Gasteiger partial charge on any atom is 0.413 e. The Kier molecular flexibility index (Phi) is 3.85. The van der Waals surface area contributed by atoms with Crippen LogP contribution in [0.15, 0.2) is 0 Å². The van der Waals surface area contributed by atoms with Gasteiger partial charge in [0.2, 0.25) is 9.84 Å². The highest BCUT2D eigenvalue weighted by Gasteiger charge is 2.75.